The van der Waals surface area contributed by atoms with Crippen LogP contribution >= 0.6 is 27.3 Å². The van der Waals surface area contributed by atoms with Gasteiger partial charge in [-0.1, -0.05) is 22.0 Å². The van der Waals surface area contributed by atoms with Gasteiger partial charge in [0.1, 0.15) is 5.75 Å². The van der Waals surface area contributed by atoms with Gasteiger partial charge in [0.25, 0.3) is 5.91 Å². The van der Waals surface area contributed by atoms with Crippen LogP contribution in [0.25, 0.3) is 0 Å². The Morgan fingerprint density at radius 1 is 1.36 bits per heavy atom. The average molecular weight is 381 g/mol. The summed E-state index contributed by atoms with van der Waals surface area (Å²) in [6.45, 7) is 5.59. The Morgan fingerprint density at radius 2 is 2.14 bits per heavy atom. The number of thiophene rings is 1. The summed E-state index contributed by atoms with van der Waals surface area (Å²) in [7, 11) is 0. The van der Waals surface area contributed by atoms with Gasteiger partial charge in [-0.25, -0.2) is 5.43 Å². The van der Waals surface area contributed by atoms with Crippen molar-refractivity contribution in [3.63, 3.8) is 0 Å². The third-order valence-electron chi connectivity index (χ3n) is 2.91. The fraction of sp³-hybridized carbons (Fsp3) is 0.250. The number of carbonyl (C=O) groups excluding carboxylic acids is 1. The van der Waals surface area contributed by atoms with Crippen molar-refractivity contribution in [1.82, 2.24) is 5.43 Å². The predicted molar refractivity (Wildman–Crippen MR) is 93.6 cm³/mol. The molecule has 0 radical (unpaired) electrons. The number of nitrogens with zero attached hydrogens (tertiary/aromatic N) is 1. The standard InChI is InChI=1S/C16H17BrN2O2S/c1-10-7-8-15(22-10)11(2)18-19-16(20)12(3)21-14-6-4-5-13(17)9-14/h4-9,12H,1-3H3,(H,19,20)/b18-11-/t12-/m1/s1. The van der Waals surface area contributed by atoms with Gasteiger partial charge in [0, 0.05) is 9.35 Å². The van der Waals surface area contributed by atoms with E-state index in [0.29, 0.717) is 5.75 Å². The van der Waals surface area contributed by atoms with Crippen molar-refractivity contribution in [1.29, 1.82) is 0 Å². The molecule has 1 aromatic carbocycles. The number of hydrogen-bond donors (Lipinski definition) is 1. The van der Waals surface area contributed by atoms with E-state index >= 15 is 0 Å². The first kappa shape index (κ1) is 16.7. The second kappa shape index (κ2) is 7.56. The molecule has 1 N–H and O–H groups in total. The quantitative estimate of drug-likeness (QED) is 0.626. The Bertz CT molecular complexity index is 697. The van der Waals surface area contributed by atoms with Crippen molar-refractivity contribution in [2.24, 2.45) is 5.10 Å². The number of hydrogen-bond acceptors (Lipinski definition) is 4. The molecule has 6 heteroatoms. The number of benzene rings is 1. The molecule has 2 rings (SSSR count). The van der Waals surface area contributed by atoms with Gasteiger partial charge < -0.3 is 4.74 Å². The van der Waals surface area contributed by atoms with Gasteiger partial charge in [0.15, 0.2) is 6.10 Å². The zero-order chi connectivity index (χ0) is 16.1. The Morgan fingerprint density at radius 3 is 2.77 bits per heavy atom. The van der Waals surface area contributed by atoms with Crippen LogP contribution in [-0.4, -0.2) is 17.7 Å². The number of halogens is 1. The third kappa shape index (κ3) is 4.68. The van der Waals surface area contributed by atoms with Crippen LogP contribution in [-0.2, 0) is 4.79 Å². The minimum atomic E-state index is -0.629. The van der Waals surface area contributed by atoms with Crippen molar-refractivity contribution in [3.05, 3.63) is 50.6 Å². The third-order valence-corrected chi connectivity index (χ3v) is 4.51. The lowest BCUT2D eigenvalue weighted by molar-refractivity contribution is -0.127. The van der Waals surface area contributed by atoms with Gasteiger partial charge in [-0.3, -0.25) is 4.79 Å². The Hall–Kier alpha value is -1.66. The fourth-order valence-corrected chi connectivity index (χ4v) is 2.90. The molecular formula is C16H17BrN2O2S. The molecule has 0 aliphatic heterocycles. The van der Waals surface area contributed by atoms with Crippen LogP contribution in [0.3, 0.4) is 0 Å². The van der Waals surface area contributed by atoms with Crippen LogP contribution in [0.5, 0.6) is 5.75 Å². The van der Waals surface area contributed by atoms with E-state index in [1.54, 1.807) is 24.3 Å². The van der Waals surface area contributed by atoms with Gasteiger partial charge in [0.2, 0.25) is 0 Å². The lowest BCUT2D eigenvalue weighted by Crippen LogP contribution is -2.33. The van der Waals surface area contributed by atoms with E-state index in [2.05, 4.69) is 26.5 Å². The number of ether oxygens (including phenoxy) is 1. The van der Waals surface area contributed by atoms with Gasteiger partial charge in [-0.15, -0.1) is 11.3 Å². The fourth-order valence-electron chi connectivity index (χ4n) is 1.71. The Labute approximate surface area is 142 Å². The van der Waals surface area contributed by atoms with E-state index < -0.39 is 6.10 Å². The highest BCUT2D eigenvalue weighted by Crippen LogP contribution is 2.19. The molecule has 116 valence electrons. The summed E-state index contributed by atoms with van der Waals surface area (Å²) in [5, 5.41) is 4.13. The largest absolute Gasteiger partial charge is 0.481 e. The highest BCUT2D eigenvalue weighted by Gasteiger charge is 2.14. The summed E-state index contributed by atoms with van der Waals surface area (Å²) < 4.78 is 6.49. The monoisotopic (exact) mass is 380 g/mol. The van der Waals surface area contributed by atoms with Crippen molar-refractivity contribution < 1.29 is 9.53 Å². The summed E-state index contributed by atoms with van der Waals surface area (Å²) in [6, 6.07) is 11.4. The molecule has 0 saturated heterocycles. The Balaban J connectivity index is 1.94. The van der Waals surface area contributed by atoms with Gasteiger partial charge in [-0.05, 0) is 51.1 Å². The highest BCUT2D eigenvalue weighted by molar-refractivity contribution is 9.10. The van der Waals surface area contributed by atoms with Crippen molar-refractivity contribution >= 4 is 38.9 Å². The number of hydrazone groups is 1. The Kier molecular flexibility index (Phi) is 5.74. The lowest BCUT2D eigenvalue weighted by atomic mass is 10.3. The van der Waals surface area contributed by atoms with Crippen molar-refractivity contribution in [3.8, 4) is 5.75 Å². The smallest absolute Gasteiger partial charge is 0.280 e. The zero-order valence-electron chi connectivity index (χ0n) is 12.6. The maximum Gasteiger partial charge on any atom is 0.280 e. The molecule has 0 bridgehead atoms. The van der Waals surface area contributed by atoms with Gasteiger partial charge in [0.05, 0.1) is 10.6 Å². The van der Waals surface area contributed by atoms with E-state index in [1.807, 2.05) is 44.2 Å². The zero-order valence-corrected chi connectivity index (χ0v) is 15.0. The van der Waals surface area contributed by atoms with Crippen molar-refractivity contribution in [2.75, 3.05) is 0 Å². The molecule has 2 aromatic rings. The van der Waals surface area contributed by atoms with Crippen LogP contribution < -0.4 is 10.2 Å². The van der Waals surface area contributed by atoms with E-state index in [1.165, 1.54) is 4.88 Å². The minimum Gasteiger partial charge on any atom is -0.481 e. The average Bonchev–Trinajstić information content (AvgIpc) is 2.91. The SMILES string of the molecule is C/C(=N/NC(=O)[C@@H](C)Oc1cccc(Br)c1)c1ccc(C)s1. The highest BCUT2D eigenvalue weighted by atomic mass is 79.9. The van der Waals surface area contributed by atoms with Crippen LogP contribution in [0.2, 0.25) is 0 Å². The first-order valence-electron chi connectivity index (χ1n) is 6.79. The van der Waals surface area contributed by atoms with Crippen LogP contribution in [0, 0.1) is 6.92 Å². The first-order valence-corrected chi connectivity index (χ1v) is 8.40. The number of aryl methyl sites for hydroxylation is 1. The number of carbonyl (C=O) groups is 1. The molecule has 1 amide bonds. The molecule has 1 heterocycles. The van der Waals surface area contributed by atoms with E-state index in [9.17, 15) is 4.79 Å². The van der Waals surface area contributed by atoms with E-state index in [0.717, 1.165) is 15.1 Å². The van der Waals surface area contributed by atoms with Crippen molar-refractivity contribution in [2.45, 2.75) is 26.9 Å². The second-order valence-electron chi connectivity index (χ2n) is 4.80. The van der Waals surface area contributed by atoms with Gasteiger partial charge in [-0.2, -0.15) is 5.10 Å². The normalized spacial score (nSPS) is 12.8. The molecule has 0 saturated carbocycles. The molecule has 1 aromatic heterocycles. The summed E-state index contributed by atoms with van der Waals surface area (Å²) in [5.74, 6) is 0.346. The molecule has 1 atom stereocenters. The summed E-state index contributed by atoms with van der Waals surface area (Å²) in [5.41, 5.74) is 3.32. The number of amides is 1. The first-order chi connectivity index (χ1) is 10.5. The summed E-state index contributed by atoms with van der Waals surface area (Å²) in [4.78, 5) is 14.3. The lowest BCUT2D eigenvalue weighted by Gasteiger charge is -2.13. The summed E-state index contributed by atoms with van der Waals surface area (Å²) in [6.07, 6.45) is -0.629. The molecule has 4 nitrogen and oxygen atoms in total. The second-order valence-corrected chi connectivity index (χ2v) is 7.00. The maximum absolute atomic E-state index is 12.0. The maximum atomic E-state index is 12.0. The van der Waals surface area contributed by atoms with Crippen LogP contribution in [0.1, 0.15) is 23.6 Å². The molecule has 0 aliphatic carbocycles. The van der Waals surface area contributed by atoms with Gasteiger partial charge >= 0.3 is 0 Å². The number of rotatable bonds is 5. The molecule has 0 aliphatic rings. The van der Waals surface area contributed by atoms with E-state index in [4.69, 9.17) is 4.74 Å². The van der Waals surface area contributed by atoms with E-state index in [-0.39, 0.29) is 5.91 Å². The molecule has 0 fully saturated rings. The molecular weight excluding hydrogens is 364 g/mol. The summed E-state index contributed by atoms with van der Waals surface area (Å²) >= 11 is 5.01. The predicted octanol–water partition coefficient (Wildman–Crippen LogP) is 4.13. The molecule has 0 spiro atoms. The molecule has 22 heavy (non-hydrogen) atoms. The van der Waals surface area contributed by atoms with Crippen LogP contribution in [0.4, 0.5) is 0 Å². The number of nitrogens with one attached hydrogen (secondary N) is 1. The molecule has 0 unspecified atom stereocenters. The van der Waals surface area contributed by atoms with Crippen LogP contribution in [0.15, 0.2) is 46.0 Å². The minimum absolute atomic E-state index is 0.285. The topological polar surface area (TPSA) is 50.7 Å².